The first-order chi connectivity index (χ1) is 10.1. The van der Waals surface area contributed by atoms with E-state index in [2.05, 4.69) is 33.6 Å². The maximum atomic E-state index is 8.95. The molecule has 0 spiro atoms. The van der Waals surface area contributed by atoms with E-state index in [0.717, 1.165) is 35.9 Å². The van der Waals surface area contributed by atoms with Crippen molar-refractivity contribution in [2.75, 3.05) is 17.2 Å². The van der Waals surface area contributed by atoms with Crippen LogP contribution in [0.4, 0.5) is 17.3 Å². The second kappa shape index (κ2) is 6.71. The highest BCUT2D eigenvalue weighted by atomic mass is 15.1. The van der Waals surface area contributed by atoms with Crippen molar-refractivity contribution in [3.8, 4) is 6.07 Å². The van der Waals surface area contributed by atoms with Gasteiger partial charge in [0.1, 0.15) is 17.5 Å². The van der Waals surface area contributed by atoms with Crippen LogP contribution in [0, 0.1) is 25.2 Å². The number of benzene rings is 1. The highest BCUT2D eigenvalue weighted by Crippen LogP contribution is 2.23. The van der Waals surface area contributed by atoms with E-state index in [-0.39, 0.29) is 0 Å². The van der Waals surface area contributed by atoms with Gasteiger partial charge in [-0.25, -0.2) is 9.97 Å². The Balaban J connectivity index is 2.30. The van der Waals surface area contributed by atoms with Gasteiger partial charge in [-0.05, 0) is 38.5 Å². The fraction of sp³-hybridized carbons (Fsp3) is 0.312. The van der Waals surface area contributed by atoms with Crippen molar-refractivity contribution in [1.29, 1.82) is 5.26 Å². The number of nitriles is 1. The molecule has 21 heavy (non-hydrogen) atoms. The van der Waals surface area contributed by atoms with Gasteiger partial charge in [0.15, 0.2) is 0 Å². The van der Waals surface area contributed by atoms with E-state index in [1.165, 1.54) is 0 Å². The Morgan fingerprint density at radius 2 is 1.95 bits per heavy atom. The zero-order valence-corrected chi connectivity index (χ0v) is 12.6. The molecule has 0 aliphatic carbocycles. The standard InChI is InChI=1S/C16H19N5/c1-4-8-18-15-11(2)16(20-12(3)19-15)21-14-7-5-6-13(9-14)10-17/h5-7,9H,4,8H2,1-3H3,(H2,18,19,20,21). The number of rotatable bonds is 5. The van der Waals surface area contributed by atoms with Crippen molar-refractivity contribution in [3.05, 3.63) is 41.2 Å². The van der Waals surface area contributed by atoms with Gasteiger partial charge in [-0.1, -0.05) is 13.0 Å². The number of hydrogen-bond acceptors (Lipinski definition) is 5. The minimum absolute atomic E-state index is 0.618. The molecule has 1 heterocycles. The molecule has 2 aromatic rings. The number of nitrogens with one attached hydrogen (secondary N) is 2. The molecule has 2 N–H and O–H groups in total. The molecule has 108 valence electrons. The first-order valence-electron chi connectivity index (χ1n) is 7.00. The van der Waals surface area contributed by atoms with Crippen molar-refractivity contribution in [3.63, 3.8) is 0 Å². The highest BCUT2D eigenvalue weighted by molar-refractivity contribution is 5.65. The maximum absolute atomic E-state index is 8.95. The Morgan fingerprint density at radius 1 is 1.19 bits per heavy atom. The number of aromatic nitrogens is 2. The van der Waals surface area contributed by atoms with E-state index >= 15 is 0 Å². The number of hydrogen-bond donors (Lipinski definition) is 2. The van der Waals surface area contributed by atoms with Gasteiger partial charge in [-0.15, -0.1) is 0 Å². The summed E-state index contributed by atoms with van der Waals surface area (Å²) in [5.74, 6) is 2.32. The first-order valence-corrected chi connectivity index (χ1v) is 7.00. The SMILES string of the molecule is CCCNc1nc(C)nc(Nc2cccc(C#N)c2)c1C. The lowest BCUT2D eigenvalue weighted by atomic mass is 10.2. The third-order valence-electron chi connectivity index (χ3n) is 3.05. The first kappa shape index (κ1) is 14.8. The van der Waals surface area contributed by atoms with Crippen LogP contribution in [0.5, 0.6) is 0 Å². The summed E-state index contributed by atoms with van der Waals surface area (Å²) in [6, 6.07) is 9.47. The van der Waals surface area contributed by atoms with Crippen LogP contribution in [0.15, 0.2) is 24.3 Å². The average molecular weight is 281 g/mol. The molecule has 0 aliphatic rings. The largest absolute Gasteiger partial charge is 0.370 e. The monoisotopic (exact) mass is 281 g/mol. The summed E-state index contributed by atoms with van der Waals surface area (Å²) in [6.45, 7) is 6.84. The van der Waals surface area contributed by atoms with Crippen LogP contribution in [-0.4, -0.2) is 16.5 Å². The van der Waals surface area contributed by atoms with Crippen molar-refractivity contribution in [1.82, 2.24) is 9.97 Å². The summed E-state index contributed by atoms with van der Waals surface area (Å²) in [5.41, 5.74) is 2.43. The van der Waals surface area contributed by atoms with E-state index in [1.807, 2.05) is 26.0 Å². The van der Waals surface area contributed by atoms with E-state index < -0.39 is 0 Å². The highest BCUT2D eigenvalue weighted by Gasteiger charge is 2.09. The van der Waals surface area contributed by atoms with Gasteiger partial charge in [-0.3, -0.25) is 0 Å². The zero-order chi connectivity index (χ0) is 15.2. The van der Waals surface area contributed by atoms with Gasteiger partial charge in [-0.2, -0.15) is 5.26 Å². The Labute approximate surface area is 125 Å². The minimum Gasteiger partial charge on any atom is -0.370 e. The average Bonchev–Trinajstić information content (AvgIpc) is 2.49. The van der Waals surface area contributed by atoms with Crippen molar-refractivity contribution in [2.45, 2.75) is 27.2 Å². The summed E-state index contributed by atoms with van der Waals surface area (Å²) in [7, 11) is 0. The Hall–Kier alpha value is -2.61. The van der Waals surface area contributed by atoms with E-state index in [1.54, 1.807) is 12.1 Å². The van der Waals surface area contributed by atoms with Gasteiger partial charge >= 0.3 is 0 Å². The molecule has 0 amide bonds. The third-order valence-corrected chi connectivity index (χ3v) is 3.05. The second-order valence-electron chi connectivity index (χ2n) is 4.84. The lowest BCUT2D eigenvalue weighted by Crippen LogP contribution is -2.08. The lowest BCUT2D eigenvalue weighted by molar-refractivity contribution is 0.948. The molecule has 5 heteroatoms. The van der Waals surface area contributed by atoms with Crippen LogP contribution in [0.3, 0.4) is 0 Å². The summed E-state index contributed by atoms with van der Waals surface area (Å²) < 4.78 is 0. The van der Waals surface area contributed by atoms with Gasteiger partial charge < -0.3 is 10.6 Å². The van der Waals surface area contributed by atoms with Crippen molar-refractivity contribution in [2.24, 2.45) is 0 Å². The molecular weight excluding hydrogens is 262 g/mol. The third kappa shape index (κ3) is 3.69. The molecule has 0 fully saturated rings. The quantitative estimate of drug-likeness (QED) is 0.877. The molecule has 0 aliphatic heterocycles. The molecule has 0 unspecified atom stereocenters. The summed E-state index contributed by atoms with van der Waals surface area (Å²) in [5, 5.41) is 15.5. The zero-order valence-electron chi connectivity index (χ0n) is 12.6. The topological polar surface area (TPSA) is 73.6 Å². The Bertz CT molecular complexity index is 673. The van der Waals surface area contributed by atoms with Gasteiger partial charge in [0.25, 0.3) is 0 Å². The van der Waals surface area contributed by atoms with Crippen LogP contribution < -0.4 is 10.6 Å². The smallest absolute Gasteiger partial charge is 0.139 e. The van der Waals surface area contributed by atoms with Crippen molar-refractivity contribution >= 4 is 17.3 Å². The number of anilines is 3. The predicted octanol–water partition coefficient (Wildman–Crippen LogP) is 3.53. The Morgan fingerprint density at radius 3 is 2.67 bits per heavy atom. The van der Waals surface area contributed by atoms with Crippen molar-refractivity contribution < 1.29 is 0 Å². The molecule has 1 aromatic heterocycles. The molecule has 0 bridgehead atoms. The van der Waals surface area contributed by atoms with Crippen LogP contribution in [0.2, 0.25) is 0 Å². The minimum atomic E-state index is 0.618. The normalized spacial score (nSPS) is 10.0. The summed E-state index contributed by atoms with van der Waals surface area (Å²) in [4.78, 5) is 8.88. The fourth-order valence-corrected chi connectivity index (χ4v) is 1.97. The van der Waals surface area contributed by atoms with E-state index in [9.17, 15) is 0 Å². The summed E-state index contributed by atoms with van der Waals surface area (Å²) >= 11 is 0. The predicted molar refractivity (Wildman–Crippen MR) is 84.7 cm³/mol. The molecule has 2 rings (SSSR count). The number of nitrogens with zero attached hydrogens (tertiary/aromatic N) is 3. The number of aryl methyl sites for hydroxylation is 1. The van der Waals surface area contributed by atoms with Crippen LogP contribution in [0.1, 0.15) is 30.3 Å². The maximum Gasteiger partial charge on any atom is 0.139 e. The van der Waals surface area contributed by atoms with Crippen LogP contribution in [0.25, 0.3) is 0 Å². The lowest BCUT2D eigenvalue weighted by Gasteiger charge is -2.14. The fourth-order valence-electron chi connectivity index (χ4n) is 1.97. The molecule has 0 radical (unpaired) electrons. The molecule has 0 saturated carbocycles. The molecule has 1 aromatic carbocycles. The molecular formula is C16H19N5. The van der Waals surface area contributed by atoms with E-state index in [0.29, 0.717) is 11.4 Å². The second-order valence-corrected chi connectivity index (χ2v) is 4.84. The molecule has 0 atom stereocenters. The van der Waals surface area contributed by atoms with Gasteiger partial charge in [0.05, 0.1) is 11.6 Å². The van der Waals surface area contributed by atoms with Gasteiger partial charge in [0.2, 0.25) is 0 Å². The summed E-state index contributed by atoms with van der Waals surface area (Å²) in [6.07, 6.45) is 1.04. The van der Waals surface area contributed by atoms with E-state index in [4.69, 9.17) is 5.26 Å². The molecule has 0 saturated heterocycles. The molecule has 5 nitrogen and oxygen atoms in total. The van der Waals surface area contributed by atoms with Crippen LogP contribution >= 0.6 is 0 Å². The Kier molecular flexibility index (Phi) is 4.72. The van der Waals surface area contributed by atoms with Gasteiger partial charge in [0, 0.05) is 17.8 Å². The van der Waals surface area contributed by atoms with Crippen LogP contribution in [-0.2, 0) is 0 Å².